The van der Waals surface area contributed by atoms with Crippen LogP contribution in [0, 0.1) is 0 Å². The molecule has 0 saturated carbocycles. The van der Waals surface area contributed by atoms with Gasteiger partial charge >= 0.3 is 0 Å². The molecule has 2 atom stereocenters. The second kappa shape index (κ2) is 8.23. The predicted molar refractivity (Wildman–Crippen MR) is 135 cm³/mol. The highest BCUT2D eigenvalue weighted by Gasteiger charge is 2.46. The summed E-state index contributed by atoms with van der Waals surface area (Å²) in [6.45, 7) is 17.2. The summed E-state index contributed by atoms with van der Waals surface area (Å²) in [6, 6.07) is 0. The third-order valence-corrected chi connectivity index (χ3v) is 9.46. The fourth-order valence-electron chi connectivity index (χ4n) is 4.06. The Balaban J connectivity index is 1.63. The number of ether oxygens (including phenoxy) is 1. The lowest BCUT2D eigenvalue weighted by Gasteiger charge is -2.35. The van der Waals surface area contributed by atoms with Crippen molar-refractivity contribution in [2.24, 2.45) is 5.10 Å². The minimum atomic E-state index is -0.144. The first-order valence-corrected chi connectivity index (χ1v) is 13.5. The maximum Gasteiger partial charge on any atom is 0.241 e. The van der Waals surface area contributed by atoms with Crippen molar-refractivity contribution >= 4 is 46.0 Å². The van der Waals surface area contributed by atoms with Crippen molar-refractivity contribution in [3.63, 3.8) is 0 Å². The summed E-state index contributed by atoms with van der Waals surface area (Å²) in [6.07, 6.45) is 1.80. The van der Waals surface area contributed by atoms with Crippen molar-refractivity contribution in [1.82, 2.24) is 20.2 Å². The Kier molecular flexibility index (Phi) is 5.68. The molecule has 1 unspecified atom stereocenters. The van der Waals surface area contributed by atoms with Crippen molar-refractivity contribution < 1.29 is 4.74 Å². The van der Waals surface area contributed by atoms with E-state index < -0.39 is 0 Å². The minimum Gasteiger partial charge on any atom is -0.369 e. The maximum absolute atomic E-state index is 6.27. The molecule has 0 aromatic carbocycles. The third-order valence-electron chi connectivity index (χ3n) is 5.91. The van der Waals surface area contributed by atoms with E-state index in [-0.39, 0.29) is 11.8 Å². The van der Waals surface area contributed by atoms with Crippen molar-refractivity contribution in [3.05, 3.63) is 40.3 Å². The van der Waals surface area contributed by atoms with E-state index in [1.807, 2.05) is 13.8 Å². The van der Waals surface area contributed by atoms with E-state index in [1.165, 1.54) is 21.0 Å². The zero-order valence-corrected chi connectivity index (χ0v) is 21.3. The van der Waals surface area contributed by atoms with Gasteiger partial charge in [0.2, 0.25) is 5.95 Å². The molecule has 10 heteroatoms. The highest BCUT2D eigenvalue weighted by Crippen LogP contribution is 2.50. The van der Waals surface area contributed by atoms with Gasteiger partial charge in [-0.1, -0.05) is 54.8 Å². The number of nitrogens with zero attached hydrogens (tertiary/aromatic N) is 5. The van der Waals surface area contributed by atoms with Crippen LogP contribution in [0.25, 0.3) is 5.00 Å². The molecule has 2 aromatic heterocycles. The highest BCUT2D eigenvalue weighted by atomic mass is 32.2. The van der Waals surface area contributed by atoms with Crippen LogP contribution in [0.5, 0.6) is 0 Å². The Bertz CT molecular complexity index is 1140. The van der Waals surface area contributed by atoms with Gasteiger partial charge in [0, 0.05) is 28.4 Å². The lowest BCUT2D eigenvalue weighted by atomic mass is 9.88. The fourth-order valence-corrected chi connectivity index (χ4v) is 6.98. The van der Waals surface area contributed by atoms with Gasteiger partial charge < -0.3 is 4.74 Å². The molecule has 170 valence electrons. The van der Waals surface area contributed by atoms with E-state index in [0.29, 0.717) is 6.61 Å². The molecule has 2 aromatic rings. The number of aromatic nitrogens is 3. The Labute approximate surface area is 201 Å². The van der Waals surface area contributed by atoms with E-state index in [2.05, 4.69) is 52.1 Å². The second-order valence-corrected chi connectivity index (χ2v) is 11.9. The zero-order chi connectivity index (χ0) is 22.6. The summed E-state index contributed by atoms with van der Waals surface area (Å²) in [5.41, 5.74) is 8.15. The molecule has 0 saturated heterocycles. The summed E-state index contributed by atoms with van der Waals surface area (Å²) < 4.78 is 8.48. The van der Waals surface area contributed by atoms with Crippen LogP contribution in [0.1, 0.15) is 56.3 Å². The largest absolute Gasteiger partial charge is 0.369 e. The minimum absolute atomic E-state index is 0.0764. The number of anilines is 1. The molecular weight excluding hydrogens is 460 g/mol. The van der Waals surface area contributed by atoms with Gasteiger partial charge in [-0.05, 0) is 32.8 Å². The summed E-state index contributed by atoms with van der Waals surface area (Å²) >= 11 is 5.15. The number of hydrogen-bond donors (Lipinski definition) is 1. The number of rotatable bonds is 6. The van der Waals surface area contributed by atoms with Gasteiger partial charge in [-0.15, -0.1) is 21.5 Å². The van der Waals surface area contributed by atoms with Crippen LogP contribution in [-0.2, 0) is 17.8 Å². The van der Waals surface area contributed by atoms with Crippen LogP contribution in [0.15, 0.2) is 34.6 Å². The number of hydrazone groups is 1. The van der Waals surface area contributed by atoms with E-state index in [0.717, 1.165) is 51.8 Å². The summed E-state index contributed by atoms with van der Waals surface area (Å²) in [5, 5.41) is 16.9. The van der Waals surface area contributed by atoms with Crippen LogP contribution < -0.4 is 10.3 Å². The number of nitrogens with one attached hydrogen (secondary N) is 1. The SMILES string of the molecule is C=C(C)CSC1=NNC2c3c(sc4c3C[C@@](C)(CC)OC4)-n3c(SCC(=C)C)nnc3N12. The Morgan fingerprint density at radius 3 is 2.72 bits per heavy atom. The lowest BCUT2D eigenvalue weighted by Crippen LogP contribution is -2.40. The Morgan fingerprint density at radius 2 is 2.00 bits per heavy atom. The second-order valence-electron chi connectivity index (χ2n) is 8.90. The average Bonchev–Trinajstić information content (AvgIpc) is 3.44. The lowest BCUT2D eigenvalue weighted by molar-refractivity contribution is -0.0549. The van der Waals surface area contributed by atoms with Crippen molar-refractivity contribution in [3.8, 4) is 5.00 Å². The predicted octanol–water partition coefficient (Wildman–Crippen LogP) is 5.24. The van der Waals surface area contributed by atoms with Crippen LogP contribution >= 0.6 is 34.9 Å². The molecule has 0 amide bonds. The van der Waals surface area contributed by atoms with Gasteiger partial charge in [-0.2, -0.15) is 5.10 Å². The van der Waals surface area contributed by atoms with Crippen LogP contribution in [0.2, 0.25) is 0 Å². The van der Waals surface area contributed by atoms with Crippen molar-refractivity contribution in [2.75, 3.05) is 16.4 Å². The van der Waals surface area contributed by atoms with Gasteiger partial charge in [0.1, 0.15) is 5.00 Å². The van der Waals surface area contributed by atoms with E-state index >= 15 is 0 Å². The van der Waals surface area contributed by atoms with Gasteiger partial charge in [0.25, 0.3) is 0 Å². The smallest absolute Gasteiger partial charge is 0.241 e. The molecule has 7 nitrogen and oxygen atoms in total. The van der Waals surface area contributed by atoms with Crippen molar-refractivity contribution in [1.29, 1.82) is 0 Å². The van der Waals surface area contributed by atoms with E-state index in [4.69, 9.17) is 9.84 Å². The first-order valence-electron chi connectivity index (χ1n) is 10.7. The van der Waals surface area contributed by atoms with Gasteiger partial charge in [0.15, 0.2) is 16.5 Å². The van der Waals surface area contributed by atoms with Crippen LogP contribution in [0.4, 0.5) is 5.95 Å². The van der Waals surface area contributed by atoms with Gasteiger partial charge in [0.05, 0.1) is 12.2 Å². The van der Waals surface area contributed by atoms with Crippen molar-refractivity contribution in [2.45, 2.75) is 64.1 Å². The number of amidine groups is 1. The monoisotopic (exact) mass is 488 g/mol. The standard InChI is InChI=1S/C22H28N6OS3/c1-7-22(6)8-14-15(9-29-22)32-18-16(14)17-23-25-20(30-10-12(2)3)27(17)19-24-26-21(28(18)19)31-11-13(4)5/h17,23H,2,4,7-11H2,1,3,5-6H3/t17?,22-/m1/s1. The molecule has 3 aliphatic rings. The molecule has 1 N–H and O–H groups in total. The topological polar surface area (TPSA) is 67.6 Å². The summed E-state index contributed by atoms with van der Waals surface area (Å²) in [4.78, 5) is 3.49. The molecule has 5 heterocycles. The first-order chi connectivity index (χ1) is 15.3. The molecule has 0 spiro atoms. The summed E-state index contributed by atoms with van der Waals surface area (Å²) in [5.74, 6) is 2.43. The highest BCUT2D eigenvalue weighted by molar-refractivity contribution is 8.14. The normalized spacial score (nSPS) is 23.1. The third kappa shape index (κ3) is 3.61. The Hall–Kier alpha value is -1.75. The molecule has 5 rings (SSSR count). The fraction of sp³-hybridized carbons (Fsp3) is 0.500. The number of thioether (sulfide) groups is 2. The molecule has 0 radical (unpaired) electrons. The number of fused-ring (bicyclic) bond motifs is 8. The first kappa shape index (κ1) is 22.1. The van der Waals surface area contributed by atoms with E-state index in [1.54, 1.807) is 34.9 Å². The summed E-state index contributed by atoms with van der Waals surface area (Å²) in [7, 11) is 0. The number of hydrogen-bond acceptors (Lipinski definition) is 9. The molecule has 0 bridgehead atoms. The van der Waals surface area contributed by atoms with Crippen LogP contribution in [-0.4, -0.2) is 37.0 Å². The molecule has 0 fully saturated rings. The number of thiophene rings is 1. The molecule has 3 aliphatic heterocycles. The Morgan fingerprint density at radius 1 is 1.25 bits per heavy atom. The molecule has 32 heavy (non-hydrogen) atoms. The maximum atomic E-state index is 6.27. The average molecular weight is 489 g/mol. The van der Waals surface area contributed by atoms with E-state index in [9.17, 15) is 0 Å². The molecular formula is C22H28N6OS3. The quantitative estimate of drug-likeness (QED) is 0.440. The van der Waals surface area contributed by atoms with Gasteiger partial charge in [-0.3, -0.25) is 10.3 Å². The van der Waals surface area contributed by atoms with Gasteiger partial charge in [-0.25, -0.2) is 4.57 Å². The molecule has 0 aliphatic carbocycles. The zero-order valence-electron chi connectivity index (χ0n) is 18.9. The van der Waals surface area contributed by atoms with Crippen LogP contribution in [0.3, 0.4) is 0 Å².